The number of hydrogen-bond donors (Lipinski definition) is 1. The van der Waals surface area contributed by atoms with Crippen molar-refractivity contribution in [3.63, 3.8) is 0 Å². The van der Waals surface area contributed by atoms with Gasteiger partial charge in [-0.05, 0) is 47.5 Å². The molecule has 0 saturated carbocycles. The van der Waals surface area contributed by atoms with E-state index < -0.39 is 6.10 Å². The molecular weight excluding hydrogens is 268 g/mol. The lowest BCUT2D eigenvalue weighted by Crippen LogP contribution is -2.04. The van der Waals surface area contributed by atoms with E-state index in [1.165, 1.54) is 5.56 Å². The molecule has 0 bridgehead atoms. The van der Waals surface area contributed by atoms with Gasteiger partial charge in [-0.15, -0.1) is 0 Å². The summed E-state index contributed by atoms with van der Waals surface area (Å²) in [5.74, 6) is 0.699. The number of hydrogen-bond acceptors (Lipinski definition) is 3. The minimum Gasteiger partial charge on any atom is -0.493 e. The van der Waals surface area contributed by atoms with Crippen LogP contribution in [0.15, 0.2) is 35.0 Å². The zero-order valence-electron chi connectivity index (χ0n) is 10.1. The summed E-state index contributed by atoms with van der Waals surface area (Å²) in [5, 5.41) is 14.4. The van der Waals surface area contributed by atoms with E-state index in [0.717, 1.165) is 12.0 Å². The van der Waals surface area contributed by atoms with Gasteiger partial charge in [0.25, 0.3) is 0 Å². The molecule has 96 valence electrons. The molecule has 1 aromatic carbocycles. The Bertz CT molecular complexity index is 495. The third-order valence-corrected chi connectivity index (χ3v) is 3.62. The summed E-state index contributed by atoms with van der Waals surface area (Å²) < 4.78 is 5.71. The Kier molecular flexibility index (Phi) is 4.64. The fourth-order valence-electron chi connectivity index (χ4n) is 1.69. The molecule has 0 radical (unpaired) electrons. The van der Waals surface area contributed by atoms with Crippen LogP contribution >= 0.6 is 22.9 Å². The number of benzene rings is 1. The van der Waals surface area contributed by atoms with Gasteiger partial charge in [-0.2, -0.15) is 11.3 Å². The van der Waals surface area contributed by atoms with Gasteiger partial charge in [-0.3, -0.25) is 0 Å². The summed E-state index contributed by atoms with van der Waals surface area (Å²) in [5.41, 5.74) is 2.00. The van der Waals surface area contributed by atoms with Crippen molar-refractivity contribution in [2.45, 2.75) is 19.4 Å². The maximum Gasteiger partial charge on any atom is 0.125 e. The van der Waals surface area contributed by atoms with Gasteiger partial charge in [0, 0.05) is 17.0 Å². The van der Waals surface area contributed by atoms with Gasteiger partial charge >= 0.3 is 0 Å². The first-order valence-electron chi connectivity index (χ1n) is 5.78. The third kappa shape index (κ3) is 3.48. The fraction of sp³-hybridized carbons (Fsp3) is 0.286. The molecule has 0 aliphatic rings. The minimum atomic E-state index is -0.583. The molecule has 1 unspecified atom stereocenters. The molecule has 2 aromatic rings. The zero-order chi connectivity index (χ0) is 13.0. The molecule has 1 aromatic heterocycles. The molecule has 0 aliphatic heterocycles. The van der Waals surface area contributed by atoms with Gasteiger partial charge in [0.05, 0.1) is 12.7 Å². The van der Waals surface area contributed by atoms with E-state index in [2.05, 4.69) is 16.8 Å². The van der Waals surface area contributed by atoms with Gasteiger partial charge in [-0.1, -0.05) is 11.6 Å². The summed E-state index contributed by atoms with van der Waals surface area (Å²) in [6, 6.07) is 7.41. The summed E-state index contributed by atoms with van der Waals surface area (Å²) in [6.07, 6.45) is 0.283. The normalized spacial score (nSPS) is 12.4. The van der Waals surface area contributed by atoms with Crippen LogP contribution in [-0.4, -0.2) is 11.7 Å². The summed E-state index contributed by atoms with van der Waals surface area (Å²) in [7, 11) is 0. The lowest BCUT2D eigenvalue weighted by Gasteiger charge is -2.13. The van der Waals surface area contributed by atoms with Crippen LogP contribution in [0.3, 0.4) is 0 Å². The van der Waals surface area contributed by atoms with E-state index in [1.54, 1.807) is 36.5 Å². The number of aliphatic hydroxyl groups excluding tert-OH is 1. The standard InChI is InChI=1S/C14H15ClO2S/c1-10(16)13-8-12(15)2-3-14(13)17-6-4-11-5-7-18-9-11/h2-3,5,7-10,16H,4,6H2,1H3. The van der Waals surface area contributed by atoms with Gasteiger partial charge in [0.15, 0.2) is 0 Å². The molecule has 4 heteroatoms. The molecule has 1 heterocycles. The number of rotatable bonds is 5. The average molecular weight is 283 g/mol. The van der Waals surface area contributed by atoms with Crippen LogP contribution in [-0.2, 0) is 6.42 Å². The van der Waals surface area contributed by atoms with Crippen molar-refractivity contribution >= 4 is 22.9 Å². The minimum absolute atomic E-state index is 0.583. The van der Waals surface area contributed by atoms with Crippen LogP contribution in [0.4, 0.5) is 0 Å². The van der Waals surface area contributed by atoms with Crippen LogP contribution in [0.25, 0.3) is 0 Å². The largest absolute Gasteiger partial charge is 0.493 e. The van der Waals surface area contributed by atoms with E-state index in [9.17, 15) is 5.11 Å². The quantitative estimate of drug-likeness (QED) is 0.895. The van der Waals surface area contributed by atoms with Crippen molar-refractivity contribution in [2.24, 2.45) is 0 Å². The van der Waals surface area contributed by atoms with Crippen molar-refractivity contribution < 1.29 is 9.84 Å². The Morgan fingerprint density at radius 3 is 2.89 bits per heavy atom. The second-order valence-electron chi connectivity index (χ2n) is 4.09. The van der Waals surface area contributed by atoms with E-state index in [4.69, 9.17) is 16.3 Å². The van der Waals surface area contributed by atoms with Gasteiger partial charge in [0.2, 0.25) is 0 Å². The van der Waals surface area contributed by atoms with E-state index in [1.807, 2.05) is 0 Å². The Balaban J connectivity index is 2.00. The third-order valence-electron chi connectivity index (χ3n) is 2.65. The predicted octanol–water partition coefficient (Wildman–Crippen LogP) is 4.08. The van der Waals surface area contributed by atoms with Crippen molar-refractivity contribution in [3.05, 3.63) is 51.2 Å². The van der Waals surface area contributed by atoms with Crippen LogP contribution in [0, 0.1) is 0 Å². The number of halogens is 1. The molecule has 1 N–H and O–H groups in total. The second-order valence-corrected chi connectivity index (χ2v) is 5.30. The monoisotopic (exact) mass is 282 g/mol. The molecule has 0 fully saturated rings. The molecule has 0 saturated heterocycles. The maximum absolute atomic E-state index is 9.68. The molecule has 18 heavy (non-hydrogen) atoms. The highest BCUT2D eigenvalue weighted by atomic mass is 35.5. The number of aliphatic hydroxyl groups is 1. The van der Waals surface area contributed by atoms with Crippen molar-refractivity contribution in [1.82, 2.24) is 0 Å². The van der Waals surface area contributed by atoms with Gasteiger partial charge < -0.3 is 9.84 Å². The van der Waals surface area contributed by atoms with Gasteiger partial charge in [0.1, 0.15) is 5.75 Å². The predicted molar refractivity (Wildman–Crippen MR) is 75.6 cm³/mol. The van der Waals surface area contributed by atoms with Crippen molar-refractivity contribution in [1.29, 1.82) is 0 Å². The number of ether oxygens (including phenoxy) is 1. The Morgan fingerprint density at radius 2 is 2.22 bits per heavy atom. The molecule has 0 aliphatic carbocycles. The molecule has 0 spiro atoms. The Morgan fingerprint density at radius 1 is 1.39 bits per heavy atom. The summed E-state index contributed by atoms with van der Waals surface area (Å²) in [6.45, 7) is 2.30. The molecular formula is C14H15ClO2S. The van der Waals surface area contributed by atoms with Crippen molar-refractivity contribution in [3.8, 4) is 5.75 Å². The molecule has 1 atom stereocenters. The van der Waals surface area contributed by atoms with Crippen LogP contribution in [0.2, 0.25) is 5.02 Å². The van der Waals surface area contributed by atoms with Crippen molar-refractivity contribution in [2.75, 3.05) is 6.61 Å². The maximum atomic E-state index is 9.68. The highest BCUT2D eigenvalue weighted by Gasteiger charge is 2.09. The summed E-state index contributed by atoms with van der Waals surface area (Å²) >= 11 is 7.59. The van der Waals surface area contributed by atoms with Crippen LogP contribution in [0.5, 0.6) is 5.75 Å². The van der Waals surface area contributed by atoms with Crippen LogP contribution in [0.1, 0.15) is 24.2 Å². The second kappa shape index (κ2) is 6.23. The average Bonchev–Trinajstić information content (AvgIpc) is 2.84. The number of thiophene rings is 1. The zero-order valence-corrected chi connectivity index (χ0v) is 11.7. The first-order chi connectivity index (χ1) is 8.66. The summed E-state index contributed by atoms with van der Waals surface area (Å²) in [4.78, 5) is 0. The van der Waals surface area contributed by atoms with E-state index >= 15 is 0 Å². The SMILES string of the molecule is CC(O)c1cc(Cl)ccc1OCCc1ccsc1. The first kappa shape index (κ1) is 13.4. The Hall–Kier alpha value is -1.03. The first-order valence-corrected chi connectivity index (χ1v) is 7.10. The molecule has 2 nitrogen and oxygen atoms in total. The molecule has 2 rings (SSSR count). The lowest BCUT2D eigenvalue weighted by atomic mass is 10.1. The fourth-order valence-corrected chi connectivity index (χ4v) is 2.57. The highest BCUT2D eigenvalue weighted by Crippen LogP contribution is 2.28. The lowest BCUT2D eigenvalue weighted by molar-refractivity contribution is 0.191. The highest BCUT2D eigenvalue weighted by molar-refractivity contribution is 7.07. The smallest absolute Gasteiger partial charge is 0.125 e. The van der Waals surface area contributed by atoms with Crippen LogP contribution < -0.4 is 4.74 Å². The van der Waals surface area contributed by atoms with E-state index in [0.29, 0.717) is 17.4 Å². The topological polar surface area (TPSA) is 29.5 Å². The molecule has 0 amide bonds. The van der Waals surface area contributed by atoms with Gasteiger partial charge in [-0.25, -0.2) is 0 Å². The Labute approximate surface area is 116 Å². The van der Waals surface area contributed by atoms with E-state index in [-0.39, 0.29) is 0 Å².